The van der Waals surface area contributed by atoms with Crippen LogP contribution in [0.15, 0.2) is 36.4 Å². The zero-order valence-electron chi connectivity index (χ0n) is 13.4. The van der Waals surface area contributed by atoms with Gasteiger partial charge in [0.15, 0.2) is 0 Å². The van der Waals surface area contributed by atoms with Crippen LogP contribution >= 0.6 is 0 Å². The maximum absolute atomic E-state index is 13.3. The summed E-state index contributed by atoms with van der Waals surface area (Å²) in [4.78, 5) is 0. The molecule has 0 unspecified atom stereocenters. The highest BCUT2D eigenvalue weighted by molar-refractivity contribution is 5.74. The minimum Gasteiger partial charge on any atom is -0.406 e. The van der Waals surface area contributed by atoms with Gasteiger partial charge in [0.05, 0.1) is 16.7 Å². The number of ether oxygens (including phenoxy) is 1. The van der Waals surface area contributed by atoms with Crippen molar-refractivity contribution in [1.29, 1.82) is 0 Å². The SMILES string of the molecule is FC(F)(F)Oc1cccc(-c2c(C(F)(F)F)cc(C(F)(F)F)cc2C(F)(F)F)c1. The molecule has 2 rings (SSSR count). The summed E-state index contributed by atoms with van der Waals surface area (Å²) in [6.07, 6.45) is -22.2. The van der Waals surface area contributed by atoms with Crippen molar-refractivity contribution >= 4 is 0 Å². The molecular formula is C16H6F12O. The highest BCUT2D eigenvalue weighted by Crippen LogP contribution is 2.48. The Hall–Kier alpha value is -2.60. The summed E-state index contributed by atoms with van der Waals surface area (Å²) in [6, 6.07) is 0.969. The molecule has 0 amide bonds. The first-order valence-electron chi connectivity index (χ1n) is 7.15. The summed E-state index contributed by atoms with van der Waals surface area (Å²) in [5.41, 5.74) is -9.68. The minimum absolute atomic E-state index is 0.209. The maximum Gasteiger partial charge on any atom is 0.573 e. The molecule has 0 bridgehead atoms. The van der Waals surface area contributed by atoms with Crippen LogP contribution in [0.4, 0.5) is 52.7 Å². The third-order valence-corrected chi connectivity index (χ3v) is 3.43. The van der Waals surface area contributed by atoms with E-state index < -0.39 is 70.6 Å². The van der Waals surface area contributed by atoms with Crippen LogP contribution in [0.25, 0.3) is 11.1 Å². The molecule has 0 saturated heterocycles. The van der Waals surface area contributed by atoms with Crippen LogP contribution < -0.4 is 4.74 Å². The van der Waals surface area contributed by atoms with E-state index >= 15 is 0 Å². The van der Waals surface area contributed by atoms with E-state index in [1.54, 1.807) is 0 Å². The highest BCUT2D eigenvalue weighted by Gasteiger charge is 2.45. The molecule has 1 nitrogen and oxygen atoms in total. The molecule has 0 N–H and O–H groups in total. The first-order valence-corrected chi connectivity index (χ1v) is 7.15. The van der Waals surface area contributed by atoms with Gasteiger partial charge >= 0.3 is 24.9 Å². The second-order valence-electron chi connectivity index (χ2n) is 5.52. The zero-order valence-corrected chi connectivity index (χ0v) is 13.4. The summed E-state index contributed by atoms with van der Waals surface area (Å²) in [5, 5.41) is 0. The van der Waals surface area contributed by atoms with Gasteiger partial charge in [0.2, 0.25) is 0 Å². The highest BCUT2D eigenvalue weighted by atomic mass is 19.4. The molecule has 0 saturated carbocycles. The van der Waals surface area contributed by atoms with E-state index in [2.05, 4.69) is 4.74 Å². The summed E-state index contributed by atoms with van der Waals surface area (Å²) in [5.74, 6) is -1.16. The van der Waals surface area contributed by atoms with E-state index in [9.17, 15) is 52.7 Å². The quantitative estimate of drug-likeness (QED) is 0.444. The lowest BCUT2D eigenvalue weighted by molar-refractivity contribution is -0.274. The van der Waals surface area contributed by atoms with Gasteiger partial charge in [-0.2, -0.15) is 39.5 Å². The molecule has 0 spiro atoms. The summed E-state index contributed by atoms with van der Waals surface area (Å²) < 4.78 is 159. The molecule has 0 atom stereocenters. The number of alkyl halides is 12. The van der Waals surface area contributed by atoms with Gasteiger partial charge in [-0.05, 0) is 29.8 Å². The van der Waals surface area contributed by atoms with E-state index in [1.807, 2.05) is 0 Å². The number of halogens is 12. The van der Waals surface area contributed by atoms with Crippen LogP contribution in [-0.4, -0.2) is 6.36 Å². The van der Waals surface area contributed by atoms with Gasteiger partial charge in [0.25, 0.3) is 0 Å². The number of hydrogen-bond donors (Lipinski definition) is 0. The fourth-order valence-corrected chi connectivity index (χ4v) is 2.41. The number of benzene rings is 2. The second-order valence-corrected chi connectivity index (χ2v) is 5.52. The molecule has 0 heterocycles. The first kappa shape index (κ1) is 22.7. The normalized spacial score (nSPS) is 13.5. The first-order chi connectivity index (χ1) is 12.9. The van der Waals surface area contributed by atoms with E-state index in [4.69, 9.17) is 0 Å². The summed E-state index contributed by atoms with van der Waals surface area (Å²) >= 11 is 0. The van der Waals surface area contributed by atoms with Crippen molar-refractivity contribution in [3.63, 3.8) is 0 Å². The Kier molecular flexibility index (Phi) is 5.49. The molecule has 0 fully saturated rings. The van der Waals surface area contributed by atoms with Crippen LogP contribution in [0.5, 0.6) is 5.75 Å². The predicted octanol–water partition coefficient (Wildman–Crippen LogP) is 7.31. The van der Waals surface area contributed by atoms with Crippen LogP contribution in [0.1, 0.15) is 16.7 Å². The second kappa shape index (κ2) is 7.02. The van der Waals surface area contributed by atoms with Crippen molar-refractivity contribution in [2.75, 3.05) is 0 Å². The monoisotopic (exact) mass is 442 g/mol. The predicted molar refractivity (Wildman–Crippen MR) is 73.6 cm³/mol. The standard InChI is InChI=1S/C16H6F12O/c17-13(18,19)8-5-10(14(20,21)22)12(11(6-8)15(23,24)25)7-2-1-3-9(4-7)29-16(26,27)28/h1-6H. The molecule has 0 aromatic heterocycles. The molecule has 160 valence electrons. The van der Waals surface area contributed by atoms with Gasteiger partial charge in [0, 0.05) is 5.56 Å². The van der Waals surface area contributed by atoms with Crippen molar-refractivity contribution in [2.45, 2.75) is 24.9 Å². The molecule has 0 aliphatic carbocycles. The van der Waals surface area contributed by atoms with E-state index in [-0.39, 0.29) is 6.07 Å². The molecule has 0 aliphatic rings. The van der Waals surface area contributed by atoms with E-state index in [0.29, 0.717) is 18.2 Å². The number of rotatable bonds is 2. The summed E-state index contributed by atoms with van der Waals surface area (Å²) in [6.45, 7) is 0. The lowest BCUT2D eigenvalue weighted by Crippen LogP contribution is -2.19. The Bertz CT molecular complexity index is 851. The van der Waals surface area contributed by atoms with Crippen molar-refractivity contribution in [3.05, 3.63) is 53.1 Å². The van der Waals surface area contributed by atoms with Gasteiger partial charge in [0.1, 0.15) is 5.75 Å². The topological polar surface area (TPSA) is 9.23 Å². The third kappa shape index (κ3) is 5.48. The molecule has 2 aromatic rings. The van der Waals surface area contributed by atoms with Gasteiger partial charge in [-0.3, -0.25) is 0 Å². The van der Waals surface area contributed by atoms with Crippen molar-refractivity contribution in [1.82, 2.24) is 0 Å². The van der Waals surface area contributed by atoms with Crippen molar-refractivity contribution < 1.29 is 57.4 Å². The van der Waals surface area contributed by atoms with E-state index in [0.717, 1.165) is 0 Å². The van der Waals surface area contributed by atoms with Crippen LogP contribution in [-0.2, 0) is 18.5 Å². The van der Waals surface area contributed by atoms with Crippen molar-refractivity contribution in [2.24, 2.45) is 0 Å². The molecule has 0 radical (unpaired) electrons. The molecular weight excluding hydrogens is 436 g/mol. The Morgan fingerprint density at radius 1 is 0.586 bits per heavy atom. The van der Waals surface area contributed by atoms with Gasteiger partial charge in [-0.1, -0.05) is 12.1 Å². The summed E-state index contributed by atoms with van der Waals surface area (Å²) in [7, 11) is 0. The molecule has 0 aliphatic heterocycles. The smallest absolute Gasteiger partial charge is 0.406 e. The lowest BCUT2D eigenvalue weighted by Gasteiger charge is -2.22. The fourth-order valence-electron chi connectivity index (χ4n) is 2.41. The van der Waals surface area contributed by atoms with E-state index in [1.165, 1.54) is 0 Å². The van der Waals surface area contributed by atoms with Gasteiger partial charge in [-0.15, -0.1) is 13.2 Å². The van der Waals surface area contributed by atoms with Crippen LogP contribution in [0.3, 0.4) is 0 Å². The molecule has 13 heteroatoms. The average molecular weight is 442 g/mol. The third-order valence-electron chi connectivity index (χ3n) is 3.43. The van der Waals surface area contributed by atoms with Gasteiger partial charge in [-0.25, -0.2) is 0 Å². The Morgan fingerprint density at radius 3 is 1.45 bits per heavy atom. The Labute approximate surface area is 153 Å². The fraction of sp³-hybridized carbons (Fsp3) is 0.250. The minimum atomic E-state index is -5.68. The Morgan fingerprint density at radius 2 is 1.07 bits per heavy atom. The van der Waals surface area contributed by atoms with Crippen LogP contribution in [0, 0.1) is 0 Å². The number of hydrogen-bond acceptors (Lipinski definition) is 1. The Balaban J connectivity index is 2.88. The van der Waals surface area contributed by atoms with Crippen LogP contribution in [0.2, 0.25) is 0 Å². The van der Waals surface area contributed by atoms with Crippen molar-refractivity contribution in [3.8, 4) is 16.9 Å². The lowest BCUT2D eigenvalue weighted by atomic mass is 9.91. The van der Waals surface area contributed by atoms with Gasteiger partial charge < -0.3 is 4.74 Å². The largest absolute Gasteiger partial charge is 0.573 e. The maximum atomic E-state index is 13.3. The molecule has 2 aromatic carbocycles. The zero-order chi connectivity index (χ0) is 22.4. The molecule has 29 heavy (non-hydrogen) atoms. The average Bonchev–Trinajstić information content (AvgIpc) is 2.49.